The molecule has 0 spiro atoms. The van der Waals surface area contributed by atoms with Crippen LogP contribution in [0.15, 0.2) is 18.3 Å². The van der Waals surface area contributed by atoms with Crippen molar-refractivity contribution < 1.29 is 5.11 Å². The van der Waals surface area contributed by atoms with Crippen molar-refractivity contribution in [1.29, 1.82) is 0 Å². The van der Waals surface area contributed by atoms with Gasteiger partial charge in [0.25, 0.3) is 0 Å². The number of nitrogens with one attached hydrogen (secondary N) is 1. The van der Waals surface area contributed by atoms with Crippen LogP contribution < -0.4 is 5.32 Å². The van der Waals surface area contributed by atoms with E-state index >= 15 is 0 Å². The first kappa shape index (κ1) is 12.3. The van der Waals surface area contributed by atoms with Crippen molar-refractivity contribution in [2.24, 2.45) is 0 Å². The third-order valence-corrected chi connectivity index (χ3v) is 2.58. The number of rotatable bonds is 8. The van der Waals surface area contributed by atoms with Crippen LogP contribution in [0.4, 0.5) is 0 Å². The van der Waals surface area contributed by atoms with Gasteiger partial charge < -0.3 is 15.0 Å². The predicted molar refractivity (Wildman–Crippen MR) is 62.7 cm³/mol. The standard InChI is InChI=1S/C12H22N2O/c1-2-14-9-6-7-12(14)11-13-8-4-3-5-10-15/h6-7,9,13,15H,2-5,8,10-11H2,1H3. The van der Waals surface area contributed by atoms with Crippen molar-refractivity contribution in [2.75, 3.05) is 13.2 Å². The summed E-state index contributed by atoms with van der Waals surface area (Å²) in [5.41, 5.74) is 1.35. The summed E-state index contributed by atoms with van der Waals surface area (Å²) >= 11 is 0. The summed E-state index contributed by atoms with van der Waals surface area (Å²) in [6, 6.07) is 4.25. The van der Waals surface area contributed by atoms with Crippen LogP contribution in [0, 0.1) is 0 Å². The highest BCUT2D eigenvalue weighted by Gasteiger charge is 1.97. The van der Waals surface area contributed by atoms with Crippen LogP contribution in [0.2, 0.25) is 0 Å². The van der Waals surface area contributed by atoms with Crippen LogP contribution in [0.1, 0.15) is 31.9 Å². The molecule has 15 heavy (non-hydrogen) atoms. The quantitative estimate of drug-likeness (QED) is 0.642. The molecule has 3 nitrogen and oxygen atoms in total. The van der Waals surface area contributed by atoms with Crippen LogP contribution in [0.3, 0.4) is 0 Å². The Morgan fingerprint density at radius 3 is 2.93 bits per heavy atom. The van der Waals surface area contributed by atoms with Crippen LogP contribution in [0.5, 0.6) is 0 Å². The Kier molecular flexibility index (Phi) is 6.12. The van der Waals surface area contributed by atoms with Gasteiger partial charge in [-0.15, -0.1) is 0 Å². The Hall–Kier alpha value is -0.800. The van der Waals surface area contributed by atoms with Gasteiger partial charge in [-0.25, -0.2) is 0 Å². The van der Waals surface area contributed by atoms with E-state index in [2.05, 4.69) is 35.1 Å². The van der Waals surface area contributed by atoms with Crippen molar-refractivity contribution in [3.63, 3.8) is 0 Å². The van der Waals surface area contributed by atoms with Gasteiger partial charge in [0.05, 0.1) is 0 Å². The largest absolute Gasteiger partial charge is 0.396 e. The minimum Gasteiger partial charge on any atom is -0.396 e. The lowest BCUT2D eigenvalue weighted by Crippen LogP contribution is -2.17. The fourth-order valence-electron chi connectivity index (χ4n) is 1.67. The first-order valence-corrected chi connectivity index (χ1v) is 5.84. The van der Waals surface area contributed by atoms with E-state index in [1.165, 1.54) is 5.69 Å². The monoisotopic (exact) mass is 210 g/mol. The van der Waals surface area contributed by atoms with Crippen molar-refractivity contribution in [1.82, 2.24) is 9.88 Å². The van der Waals surface area contributed by atoms with Crippen molar-refractivity contribution in [3.8, 4) is 0 Å². The number of aliphatic hydroxyl groups is 1. The molecule has 1 heterocycles. The molecule has 1 aromatic heterocycles. The lowest BCUT2D eigenvalue weighted by Gasteiger charge is -2.07. The second-order valence-electron chi connectivity index (χ2n) is 3.75. The summed E-state index contributed by atoms with van der Waals surface area (Å²) in [6.45, 7) is 5.49. The number of hydrogen-bond acceptors (Lipinski definition) is 2. The lowest BCUT2D eigenvalue weighted by molar-refractivity contribution is 0.283. The maximum Gasteiger partial charge on any atom is 0.0431 e. The topological polar surface area (TPSA) is 37.2 Å². The van der Waals surface area contributed by atoms with Gasteiger partial charge >= 0.3 is 0 Å². The number of aryl methyl sites for hydroxylation is 1. The highest BCUT2D eigenvalue weighted by atomic mass is 16.2. The van der Waals surface area contributed by atoms with Gasteiger partial charge in [0.1, 0.15) is 0 Å². The van der Waals surface area contributed by atoms with Crippen LogP contribution in [-0.4, -0.2) is 22.8 Å². The van der Waals surface area contributed by atoms with Gasteiger partial charge in [0, 0.05) is 31.6 Å². The van der Waals surface area contributed by atoms with Crippen molar-refractivity contribution >= 4 is 0 Å². The van der Waals surface area contributed by atoms with Gasteiger partial charge in [-0.2, -0.15) is 0 Å². The molecule has 0 amide bonds. The van der Waals surface area contributed by atoms with Crippen LogP contribution in [0.25, 0.3) is 0 Å². The summed E-state index contributed by atoms with van der Waals surface area (Å²) in [4.78, 5) is 0. The van der Waals surface area contributed by atoms with E-state index in [1.807, 2.05) is 0 Å². The van der Waals surface area contributed by atoms with Crippen molar-refractivity contribution in [2.45, 2.75) is 39.3 Å². The fraction of sp³-hybridized carbons (Fsp3) is 0.667. The highest BCUT2D eigenvalue weighted by molar-refractivity contribution is 5.06. The Balaban J connectivity index is 2.09. The summed E-state index contributed by atoms with van der Waals surface area (Å²) in [5, 5.41) is 12.0. The molecular formula is C12H22N2O. The summed E-state index contributed by atoms with van der Waals surface area (Å²) < 4.78 is 2.25. The average Bonchev–Trinajstić information content (AvgIpc) is 2.70. The van der Waals surface area contributed by atoms with E-state index in [-0.39, 0.29) is 0 Å². The maximum absolute atomic E-state index is 8.62. The SMILES string of the molecule is CCn1cccc1CNCCCCCO. The summed E-state index contributed by atoms with van der Waals surface area (Å²) in [5.74, 6) is 0. The molecule has 2 N–H and O–H groups in total. The third kappa shape index (κ3) is 4.49. The van der Waals surface area contributed by atoms with E-state index in [0.717, 1.165) is 38.9 Å². The van der Waals surface area contributed by atoms with Gasteiger partial charge in [-0.05, 0) is 44.9 Å². The maximum atomic E-state index is 8.62. The number of aromatic nitrogens is 1. The molecule has 86 valence electrons. The fourth-order valence-corrected chi connectivity index (χ4v) is 1.67. The molecular weight excluding hydrogens is 188 g/mol. The minimum atomic E-state index is 0.318. The molecule has 3 heteroatoms. The lowest BCUT2D eigenvalue weighted by atomic mass is 10.2. The smallest absolute Gasteiger partial charge is 0.0431 e. The van der Waals surface area contributed by atoms with Gasteiger partial charge in [-0.1, -0.05) is 0 Å². The van der Waals surface area contributed by atoms with Crippen LogP contribution >= 0.6 is 0 Å². The number of hydrogen-bond donors (Lipinski definition) is 2. The Morgan fingerprint density at radius 2 is 2.20 bits per heavy atom. The zero-order valence-corrected chi connectivity index (χ0v) is 9.58. The minimum absolute atomic E-state index is 0.318. The number of aliphatic hydroxyl groups excluding tert-OH is 1. The zero-order chi connectivity index (χ0) is 10.9. The molecule has 0 fully saturated rings. The molecule has 0 aliphatic rings. The summed E-state index contributed by atoms with van der Waals surface area (Å²) in [7, 11) is 0. The van der Waals surface area contributed by atoms with Crippen molar-refractivity contribution in [3.05, 3.63) is 24.0 Å². The van der Waals surface area contributed by atoms with E-state index in [4.69, 9.17) is 5.11 Å². The molecule has 0 radical (unpaired) electrons. The number of nitrogens with zero attached hydrogens (tertiary/aromatic N) is 1. The molecule has 0 atom stereocenters. The third-order valence-electron chi connectivity index (χ3n) is 2.58. The Bertz CT molecular complexity index is 258. The van der Waals surface area contributed by atoms with E-state index in [1.54, 1.807) is 0 Å². The second kappa shape index (κ2) is 7.49. The number of unbranched alkanes of at least 4 members (excludes halogenated alkanes) is 2. The second-order valence-corrected chi connectivity index (χ2v) is 3.75. The molecule has 0 aliphatic heterocycles. The molecule has 0 saturated carbocycles. The van der Waals surface area contributed by atoms with Gasteiger partial charge in [0.2, 0.25) is 0 Å². The predicted octanol–water partition coefficient (Wildman–Crippen LogP) is 1.76. The molecule has 0 bridgehead atoms. The van der Waals surface area contributed by atoms with E-state index in [9.17, 15) is 0 Å². The molecule has 1 aromatic rings. The normalized spacial score (nSPS) is 10.8. The van der Waals surface area contributed by atoms with Crippen LogP contribution in [-0.2, 0) is 13.1 Å². The Morgan fingerprint density at radius 1 is 1.33 bits per heavy atom. The average molecular weight is 210 g/mol. The van der Waals surface area contributed by atoms with E-state index in [0.29, 0.717) is 6.61 Å². The van der Waals surface area contributed by atoms with E-state index < -0.39 is 0 Å². The van der Waals surface area contributed by atoms with Gasteiger partial charge in [0.15, 0.2) is 0 Å². The molecule has 0 aromatic carbocycles. The summed E-state index contributed by atoms with van der Waals surface area (Å²) in [6.07, 6.45) is 5.29. The first-order valence-electron chi connectivity index (χ1n) is 5.84. The molecule has 0 aliphatic carbocycles. The molecule has 0 unspecified atom stereocenters. The first-order chi connectivity index (χ1) is 7.38. The molecule has 1 rings (SSSR count). The van der Waals surface area contributed by atoms with Gasteiger partial charge in [-0.3, -0.25) is 0 Å². The Labute approximate surface area is 92.1 Å². The zero-order valence-electron chi connectivity index (χ0n) is 9.58. The highest BCUT2D eigenvalue weighted by Crippen LogP contribution is 2.01. The molecule has 0 saturated heterocycles.